The summed E-state index contributed by atoms with van der Waals surface area (Å²) in [6.07, 6.45) is 2.39. The Kier molecular flexibility index (Phi) is 4.22. The first-order chi connectivity index (χ1) is 4.18. The van der Waals surface area contributed by atoms with Crippen LogP contribution in [0.15, 0.2) is 11.6 Å². The largest absolute Gasteiger partial charge is 0.478 e. The lowest BCUT2D eigenvalue weighted by molar-refractivity contribution is -0.132. The van der Waals surface area contributed by atoms with Gasteiger partial charge in [0, 0.05) is 5.57 Å². The fraction of sp³-hybridized carbons (Fsp3) is 0.500. The normalized spacial score (nSPS) is 11.6. The van der Waals surface area contributed by atoms with Gasteiger partial charge in [0.1, 0.15) is 0 Å². The van der Waals surface area contributed by atoms with Crippen LogP contribution in [0.3, 0.4) is 0 Å². The van der Waals surface area contributed by atoms with E-state index in [-0.39, 0.29) is 0 Å². The molecule has 0 radical (unpaired) electrons. The van der Waals surface area contributed by atoms with Crippen molar-refractivity contribution < 1.29 is 9.90 Å². The molecule has 0 aromatic heterocycles. The predicted octanol–water partition coefficient (Wildman–Crippen LogP) is 1.34. The van der Waals surface area contributed by atoms with Crippen LogP contribution in [-0.2, 0) is 4.79 Å². The van der Waals surface area contributed by atoms with Gasteiger partial charge in [-0.1, -0.05) is 6.08 Å². The molecule has 2 nitrogen and oxygen atoms in total. The molecule has 0 aliphatic rings. The van der Waals surface area contributed by atoms with Crippen molar-refractivity contribution in [3.63, 3.8) is 0 Å². The van der Waals surface area contributed by atoms with Gasteiger partial charge in [0.05, 0.1) is 0 Å². The lowest BCUT2D eigenvalue weighted by atomic mass is 10.2. The van der Waals surface area contributed by atoms with E-state index in [0.29, 0.717) is 11.3 Å². The summed E-state index contributed by atoms with van der Waals surface area (Å²) >= 11 is 3.93. The molecule has 0 amide bonds. The maximum Gasteiger partial charge on any atom is 0.330 e. The van der Waals surface area contributed by atoms with Crippen LogP contribution < -0.4 is 0 Å². The Morgan fingerprint density at radius 3 is 2.67 bits per heavy atom. The smallest absolute Gasteiger partial charge is 0.330 e. The minimum Gasteiger partial charge on any atom is -0.478 e. The summed E-state index contributed by atoms with van der Waals surface area (Å²) < 4.78 is 0. The van der Waals surface area contributed by atoms with Gasteiger partial charge in [-0.25, -0.2) is 4.79 Å². The van der Waals surface area contributed by atoms with E-state index >= 15 is 0 Å². The van der Waals surface area contributed by atoms with Crippen molar-refractivity contribution in [1.82, 2.24) is 0 Å². The van der Waals surface area contributed by atoms with Crippen LogP contribution in [0.25, 0.3) is 0 Å². The molecule has 0 aromatic carbocycles. The number of carboxylic acid groups (broad SMARTS) is 1. The molecule has 0 rings (SSSR count). The van der Waals surface area contributed by atoms with Crippen LogP contribution in [0.1, 0.15) is 13.3 Å². The lowest BCUT2D eigenvalue weighted by Gasteiger charge is -1.89. The summed E-state index contributed by atoms with van der Waals surface area (Å²) in [6.45, 7) is 1.58. The van der Waals surface area contributed by atoms with Crippen LogP contribution in [-0.4, -0.2) is 16.8 Å². The molecule has 0 unspecified atom stereocenters. The first-order valence-electron chi connectivity index (χ1n) is 2.69. The van der Waals surface area contributed by atoms with E-state index in [2.05, 4.69) is 12.6 Å². The van der Waals surface area contributed by atoms with Gasteiger partial charge in [-0.05, 0) is 19.1 Å². The Morgan fingerprint density at radius 1 is 1.78 bits per heavy atom. The molecule has 0 fully saturated rings. The van der Waals surface area contributed by atoms with E-state index in [1.165, 1.54) is 0 Å². The number of carboxylic acids is 1. The van der Waals surface area contributed by atoms with Crippen LogP contribution in [0, 0.1) is 0 Å². The van der Waals surface area contributed by atoms with Crippen LogP contribution in [0.2, 0.25) is 0 Å². The SMILES string of the molecule is CC(=CCCS)C(=O)O. The van der Waals surface area contributed by atoms with Gasteiger partial charge >= 0.3 is 5.97 Å². The summed E-state index contributed by atoms with van der Waals surface area (Å²) in [5.74, 6) is -0.151. The third kappa shape index (κ3) is 4.09. The Bertz CT molecular complexity index is 129. The fourth-order valence-electron chi connectivity index (χ4n) is 0.368. The molecule has 0 aromatic rings. The van der Waals surface area contributed by atoms with Gasteiger partial charge in [-0.2, -0.15) is 12.6 Å². The van der Waals surface area contributed by atoms with E-state index in [1.54, 1.807) is 13.0 Å². The molecular formula is C6H10O2S. The standard InChI is InChI=1S/C6H10O2S/c1-5(6(7)8)3-2-4-9/h3,9H,2,4H2,1H3,(H,7,8). The van der Waals surface area contributed by atoms with Crippen LogP contribution in [0.5, 0.6) is 0 Å². The monoisotopic (exact) mass is 146 g/mol. The second kappa shape index (κ2) is 4.44. The molecule has 0 aliphatic carbocycles. The maximum atomic E-state index is 10.1. The molecule has 0 aliphatic heterocycles. The molecule has 0 spiro atoms. The molecular weight excluding hydrogens is 136 g/mol. The van der Waals surface area contributed by atoms with Crippen molar-refractivity contribution in [2.24, 2.45) is 0 Å². The second-order valence-electron chi connectivity index (χ2n) is 1.70. The summed E-state index contributed by atoms with van der Waals surface area (Å²) in [6, 6.07) is 0. The van der Waals surface area contributed by atoms with Gasteiger partial charge in [-0.15, -0.1) is 0 Å². The Hall–Kier alpha value is -0.440. The highest BCUT2D eigenvalue weighted by atomic mass is 32.1. The third-order valence-electron chi connectivity index (χ3n) is 0.917. The van der Waals surface area contributed by atoms with Crippen molar-refractivity contribution in [3.8, 4) is 0 Å². The van der Waals surface area contributed by atoms with Crippen molar-refractivity contribution >= 4 is 18.6 Å². The fourth-order valence-corrected chi connectivity index (χ4v) is 0.497. The van der Waals surface area contributed by atoms with Crippen molar-refractivity contribution in [3.05, 3.63) is 11.6 Å². The maximum absolute atomic E-state index is 10.1. The number of carbonyl (C=O) groups is 1. The molecule has 0 saturated carbocycles. The highest BCUT2D eigenvalue weighted by Crippen LogP contribution is 1.95. The zero-order valence-corrected chi connectivity index (χ0v) is 6.19. The number of aliphatic carboxylic acids is 1. The van der Waals surface area contributed by atoms with Crippen LogP contribution in [0.4, 0.5) is 0 Å². The van der Waals surface area contributed by atoms with Gasteiger partial charge in [0.25, 0.3) is 0 Å². The highest BCUT2D eigenvalue weighted by Gasteiger charge is 1.95. The summed E-state index contributed by atoms with van der Waals surface area (Å²) in [5, 5.41) is 8.32. The van der Waals surface area contributed by atoms with E-state index in [0.717, 1.165) is 6.42 Å². The molecule has 0 atom stereocenters. The Balaban J connectivity index is 3.69. The first kappa shape index (κ1) is 8.56. The van der Waals surface area contributed by atoms with Crippen molar-refractivity contribution in [2.45, 2.75) is 13.3 Å². The lowest BCUT2D eigenvalue weighted by Crippen LogP contribution is -1.95. The van der Waals surface area contributed by atoms with Crippen molar-refractivity contribution in [2.75, 3.05) is 5.75 Å². The topological polar surface area (TPSA) is 37.3 Å². The zero-order chi connectivity index (χ0) is 7.28. The van der Waals surface area contributed by atoms with Gasteiger partial charge in [0.2, 0.25) is 0 Å². The minimum absolute atomic E-state index is 0.393. The molecule has 1 N–H and O–H groups in total. The van der Waals surface area contributed by atoms with Gasteiger partial charge in [-0.3, -0.25) is 0 Å². The minimum atomic E-state index is -0.850. The number of allylic oxidation sites excluding steroid dienone is 1. The molecule has 3 heteroatoms. The average Bonchev–Trinajstić information content (AvgIpc) is 1.82. The van der Waals surface area contributed by atoms with E-state index in [9.17, 15) is 4.79 Å². The summed E-state index contributed by atoms with van der Waals surface area (Å²) in [4.78, 5) is 10.1. The predicted molar refractivity (Wildman–Crippen MR) is 39.9 cm³/mol. The van der Waals surface area contributed by atoms with E-state index < -0.39 is 5.97 Å². The van der Waals surface area contributed by atoms with Gasteiger partial charge in [0.15, 0.2) is 0 Å². The van der Waals surface area contributed by atoms with E-state index in [1.807, 2.05) is 0 Å². The third-order valence-corrected chi connectivity index (χ3v) is 1.18. The summed E-state index contributed by atoms with van der Waals surface area (Å²) in [7, 11) is 0. The highest BCUT2D eigenvalue weighted by molar-refractivity contribution is 7.80. The first-order valence-corrected chi connectivity index (χ1v) is 3.32. The number of rotatable bonds is 3. The number of hydrogen-bond donors (Lipinski definition) is 2. The molecule has 9 heavy (non-hydrogen) atoms. The Labute approximate surface area is 60.0 Å². The quantitative estimate of drug-likeness (QED) is 0.465. The van der Waals surface area contributed by atoms with Gasteiger partial charge < -0.3 is 5.11 Å². The Morgan fingerprint density at radius 2 is 2.33 bits per heavy atom. The number of hydrogen-bond acceptors (Lipinski definition) is 2. The van der Waals surface area contributed by atoms with E-state index in [4.69, 9.17) is 5.11 Å². The second-order valence-corrected chi connectivity index (χ2v) is 2.15. The molecule has 0 saturated heterocycles. The zero-order valence-electron chi connectivity index (χ0n) is 5.29. The molecule has 52 valence electrons. The number of thiol groups is 1. The van der Waals surface area contributed by atoms with Crippen molar-refractivity contribution in [1.29, 1.82) is 0 Å². The molecule has 0 bridgehead atoms. The average molecular weight is 146 g/mol. The van der Waals surface area contributed by atoms with Crippen LogP contribution >= 0.6 is 12.6 Å². The summed E-state index contributed by atoms with van der Waals surface area (Å²) in [5.41, 5.74) is 0.393. The molecule has 0 heterocycles.